The van der Waals surface area contributed by atoms with Crippen molar-refractivity contribution >= 4 is 33.4 Å². The first-order valence-electron chi connectivity index (χ1n) is 4.08. The van der Waals surface area contributed by atoms with Crippen molar-refractivity contribution in [3.63, 3.8) is 0 Å². The van der Waals surface area contributed by atoms with Crippen LogP contribution in [0.4, 0.5) is 0 Å². The van der Waals surface area contributed by atoms with Gasteiger partial charge in [0.1, 0.15) is 5.15 Å². The van der Waals surface area contributed by atoms with Crippen LogP contribution in [0.25, 0.3) is 21.8 Å². The highest BCUT2D eigenvalue weighted by molar-refractivity contribution is 6.36. The van der Waals surface area contributed by atoms with Gasteiger partial charge in [-0.25, -0.2) is 9.97 Å². The SMILES string of the molecule is Clc1[nH]ncc2cnc3nccc3c12. The quantitative estimate of drug-likeness (QED) is 0.611. The highest BCUT2D eigenvalue weighted by Crippen LogP contribution is 2.26. The van der Waals surface area contributed by atoms with Crippen molar-refractivity contribution in [3.05, 3.63) is 29.8 Å². The second kappa shape index (κ2) is 2.65. The lowest BCUT2D eigenvalue weighted by atomic mass is 10.2. The third-order valence-electron chi connectivity index (χ3n) is 2.15. The molecule has 0 fully saturated rings. The zero-order chi connectivity index (χ0) is 9.54. The molecule has 0 aromatic carbocycles. The second-order valence-electron chi connectivity index (χ2n) is 2.95. The molecule has 0 saturated heterocycles. The van der Waals surface area contributed by atoms with Crippen molar-refractivity contribution in [2.45, 2.75) is 0 Å². The molecule has 1 N–H and O–H groups in total. The first-order valence-corrected chi connectivity index (χ1v) is 4.46. The van der Waals surface area contributed by atoms with E-state index in [9.17, 15) is 0 Å². The predicted octanol–water partition coefficient (Wildman–Crippen LogP) is 2.16. The summed E-state index contributed by atoms with van der Waals surface area (Å²) in [4.78, 5) is 8.29. The van der Waals surface area contributed by atoms with Crippen LogP contribution in [0, 0.1) is 0 Å². The molecule has 3 heterocycles. The van der Waals surface area contributed by atoms with Crippen LogP contribution in [0.2, 0.25) is 5.15 Å². The molecule has 0 aliphatic carbocycles. The average Bonchev–Trinajstić information content (AvgIpc) is 2.65. The molecular weight excluding hydrogens is 200 g/mol. The Labute approximate surface area is 83.9 Å². The number of nitrogens with one attached hydrogen (secondary N) is 1. The maximum absolute atomic E-state index is 6.02. The van der Waals surface area contributed by atoms with Gasteiger partial charge in [-0.05, 0) is 6.07 Å². The summed E-state index contributed by atoms with van der Waals surface area (Å²) in [6, 6.07) is 1.89. The molecule has 0 spiro atoms. The molecule has 14 heavy (non-hydrogen) atoms. The van der Waals surface area contributed by atoms with Gasteiger partial charge < -0.3 is 0 Å². The van der Waals surface area contributed by atoms with Crippen LogP contribution in [0.3, 0.4) is 0 Å². The monoisotopic (exact) mass is 204 g/mol. The Balaban J connectivity index is 2.67. The van der Waals surface area contributed by atoms with Crippen LogP contribution in [0.5, 0.6) is 0 Å². The number of hydrogen-bond donors (Lipinski definition) is 1. The molecule has 0 unspecified atom stereocenters. The van der Waals surface area contributed by atoms with Crippen LogP contribution in [-0.4, -0.2) is 20.2 Å². The van der Waals surface area contributed by atoms with E-state index in [1.165, 1.54) is 0 Å². The van der Waals surface area contributed by atoms with Gasteiger partial charge >= 0.3 is 0 Å². The number of hydrogen-bond acceptors (Lipinski definition) is 3. The minimum Gasteiger partial charge on any atom is -0.267 e. The summed E-state index contributed by atoms with van der Waals surface area (Å²) in [5.41, 5.74) is 0.707. The number of H-pyrrole nitrogens is 1. The first-order chi connectivity index (χ1) is 6.86. The Morgan fingerprint density at radius 1 is 1.21 bits per heavy atom. The lowest BCUT2D eigenvalue weighted by molar-refractivity contribution is 1.05. The van der Waals surface area contributed by atoms with Gasteiger partial charge in [-0.2, -0.15) is 5.10 Å². The number of aromatic amines is 1. The van der Waals surface area contributed by atoms with E-state index in [1.807, 2.05) is 6.07 Å². The van der Waals surface area contributed by atoms with E-state index in [1.54, 1.807) is 18.6 Å². The fourth-order valence-electron chi connectivity index (χ4n) is 1.53. The molecule has 0 aliphatic heterocycles. The molecule has 3 aromatic rings. The van der Waals surface area contributed by atoms with Gasteiger partial charge in [-0.1, -0.05) is 11.6 Å². The molecule has 68 valence electrons. The van der Waals surface area contributed by atoms with Crippen molar-refractivity contribution in [2.24, 2.45) is 0 Å². The molecule has 0 saturated carbocycles. The first kappa shape index (κ1) is 7.70. The van der Waals surface area contributed by atoms with E-state index >= 15 is 0 Å². The molecule has 3 rings (SSSR count). The molecule has 0 amide bonds. The highest BCUT2D eigenvalue weighted by Gasteiger charge is 2.06. The minimum atomic E-state index is 0.517. The summed E-state index contributed by atoms with van der Waals surface area (Å²) in [6.07, 6.45) is 5.13. The second-order valence-corrected chi connectivity index (χ2v) is 3.33. The van der Waals surface area contributed by atoms with Gasteiger partial charge in [0.25, 0.3) is 0 Å². The lowest BCUT2D eigenvalue weighted by Crippen LogP contribution is -1.86. The fraction of sp³-hybridized carbons (Fsp3) is 0. The maximum atomic E-state index is 6.02. The molecule has 5 heteroatoms. The van der Waals surface area contributed by atoms with E-state index in [4.69, 9.17) is 11.6 Å². The Morgan fingerprint density at radius 2 is 2.14 bits per heavy atom. The Morgan fingerprint density at radius 3 is 3.07 bits per heavy atom. The number of nitrogens with zero attached hydrogens (tertiary/aromatic N) is 3. The summed E-state index contributed by atoms with van der Waals surface area (Å²) in [5.74, 6) is 0. The van der Waals surface area contributed by atoms with E-state index in [2.05, 4.69) is 20.2 Å². The van der Waals surface area contributed by atoms with E-state index in [0.717, 1.165) is 16.2 Å². The number of aromatic nitrogens is 4. The van der Waals surface area contributed by atoms with Gasteiger partial charge in [0.15, 0.2) is 5.65 Å². The predicted molar refractivity (Wildman–Crippen MR) is 54.2 cm³/mol. The largest absolute Gasteiger partial charge is 0.267 e. The number of rotatable bonds is 0. The molecule has 0 atom stereocenters. The van der Waals surface area contributed by atoms with Crippen molar-refractivity contribution in [1.82, 2.24) is 20.2 Å². The van der Waals surface area contributed by atoms with Crippen LogP contribution >= 0.6 is 11.6 Å². The summed E-state index contributed by atoms with van der Waals surface area (Å²) >= 11 is 6.02. The van der Waals surface area contributed by atoms with Crippen LogP contribution in [0.15, 0.2) is 24.7 Å². The zero-order valence-electron chi connectivity index (χ0n) is 7.03. The van der Waals surface area contributed by atoms with Crippen molar-refractivity contribution in [2.75, 3.05) is 0 Å². The number of pyridine rings is 1. The van der Waals surface area contributed by atoms with E-state index in [-0.39, 0.29) is 0 Å². The molecule has 4 nitrogen and oxygen atoms in total. The summed E-state index contributed by atoms with van der Waals surface area (Å²) in [7, 11) is 0. The van der Waals surface area contributed by atoms with E-state index < -0.39 is 0 Å². The average molecular weight is 205 g/mol. The smallest absolute Gasteiger partial charge is 0.159 e. The Hall–Kier alpha value is -1.68. The normalized spacial score (nSPS) is 11.2. The van der Waals surface area contributed by atoms with Gasteiger partial charge in [0.05, 0.1) is 6.20 Å². The maximum Gasteiger partial charge on any atom is 0.159 e. The van der Waals surface area contributed by atoms with Gasteiger partial charge in [0, 0.05) is 28.6 Å². The molecule has 3 aromatic heterocycles. The molecule has 0 aliphatic rings. The van der Waals surface area contributed by atoms with Gasteiger partial charge in [0.2, 0.25) is 0 Å². The molecule has 0 radical (unpaired) electrons. The standard InChI is InChI=1S/C9H5ClN4/c10-8-7-5(4-13-14-8)3-12-9-6(7)1-2-11-9/h1-4,14H. The Bertz CT molecular complexity index is 616. The number of halogens is 1. The molecule has 0 bridgehead atoms. The molecular formula is C9H5ClN4. The third kappa shape index (κ3) is 0.914. The van der Waals surface area contributed by atoms with Crippen LogP contribution in [0.1, 0.15) is 0 Å². The topological polar surface area (TPSA) is 54.5 Å². The van der Waals surface area contributed by atoms with Gasteiger partial charge in [-0.3, -0.25) is 5.10 Å². The highest BCUT2D eigenvalue weighted by atomic mass is 35.5. The minimum absolute atomic E-state index is 0.517. The summed E-state index contributed by atoms with van der Waals surface area (Å²) in [5, 5.41) is 9.90. The fourth-order valence-corrected chi connectivity index (χ4v) is 1.79. The van der Waals surface area contributed by atoms with Crippen LogP contribution < -0.4 is 0 Å². The summed E-state index contributed by atoms with van der Waals surface area (Å²) in [6.45, 7) is 0. The van der Waals surface area contributed by atoms with Crippen molar-refractivity contribution in [3.8, 4) is 0 Å². The number of fused-ring (bicyclic) bond motifs is 3. The summed E-state index contributed by atoms with van der Waals surface area (Å²) < 4.78 is 0. The van der Waals surface area contributed by atoms with Crippen molar-refractivity contribution < 1.29 is 0 Å². The Kier molecular flexibility index (Phi) is 1.46. The third-order valence-corrected chi connectivity index (χ3v) is 2.42. The van der Waals surface area contributed by atoms with Crippen LogP contribution in [-0.2, 0) is 0 Å². The van der Waals surface area contributed by atoms with Gasteiger partial charge in [-0.15, -0.1) is 0 Å². The van der Waals surface area contributed by atoms with E-state index in [0.29, 0.717) is 10.8 Å². The lowest BCUT2D eigenvalue weighted by Gasteiger charge is -1.99. The zero-order valence-corrected chi connectivity index (χ0v) is 7.78. The van der Waals surface area contributed by atoms with Crippen molar-refractivity contribution in [1.29, 1.82) is 0 Å².